The quantitative estimate of drug-likeness (QED) is 0.311. The third-order valence-corrected chi connectivity index (χ3v) is 9.78. The lowest BCUT2D eigenvalue weighted by Crippen LogP contribution is -2.72. The predicted molar refractivity (Wildman–Crippen MR) is 156 cm³/mol. The lowest BCUT2D eigenvalue weighted by molar-refractivity contribution is -0.924. The van der Waals surface area contributed by atoms with E-state index in [1.807, 2.05) is 48.5 Å². The zero-order chi connectivity index (χ0) is 28.0. The van der Waals surface area contributed by atoms with Crippen LogP contribution in [-0.4, -0.2) is 61.8 Å². The van der Waals surface area contributed by atoms with Gasteiger partial charge < -0.3 is 19.3 Å². The van der Waals surface area contributed by atoms with Crippen molar-refractivity contribution in [1.82, 2.24) is 5.32 Å². The Bertz CT molecular complexity index is 1430. The third-order valence-electron chi connectivity index (χ3n) is 9.78. The SMILES string of the molecule is COc1cccc([C@@]23CC[N@+](C)(CC4CC4)CC2(OC(C)=O)CC[C@H](NC(=O)c2ccc4ccccc4c2)C3)c1. The fourth-order valence-corrected chi connectivity index (χ4v) is 7.78. The van der Waals surface area contributed by atoms with Crippen LogP contribution >= 0.6 is 0 Å². The first kappa shape index (κ1) is 26.8. The molecule has 0 spiro atoms. The number of nitrogens with zero attached hydrogens (tertiary/aromatic N) is 1. The monoisotopic (exact) mass is 541 g/mol. The normalized spacial score (nSPS) is 29.8. The van der Waals surface area contributed by atoms with Crippen molar-refractivity contribution in [3.05, 3.63) is 77.9 Å². The van der Waals surface area contributed by atoms with Crippen LogP contribution in [0, 0.1) is 5.92 Å². The van der Waals surface area contributed by atoms with Gasteiger partial charge in [0.2, 0.25) is 0 Å². The van der Waals surface area contributed by atoms with Gasteiger partial charge in [0, 0.05) is 36.3 Å². The maximum atomic E-state index is 13.5. The van der Waals surface area contributed by atoms with Gasteiger partial charge in [-0.25, -0.2) is 0 Å². The fraction of sp³-hybridized carbons (Fsp3) is 0.471. The van der Waals surface area contributed by atoms with Gasteiger partial charge in [0.05, 0.1) is 27.2 Å². The van der Waals surface area contributed by atoms with Gasteiger partial charge in [-0.2, -0.15) is 0 Å². The zero-order valence-corrected chi connectivity index (χ0v) is 23.9. The largest absolute Gasteiger partial charge is 0.497 e. The molecule has 1 saturated heterocycles. The van der Waals surface area contributed by atoms with Crippen molar-refractivity contribution >= 4 is 22.6 Å². The van der Waals surface area contributed by atoms with Crippen LogP contribution in [0.4, 0.5) is 0 Å². The molecule has 6 rings (SSSR count). The standard InChI is InChI=1S/C34H40N2O4/c1-24(37)40-34-16-15-30(35-32(38)28-14-13-26-7-4-5-8-27(26)19-28)21-33(34,29-9-6-10-31(20-29)39-3)17-18-36(2,23-34)22-25-11-12-25/h4-10,13-14,19-20,25,30H,11-12,15-18,21-23H2,1-3H3/p+1/t30-,33-,34?,36+/m0/s1. The summed E-state index contributed by atoms with van der Waals surface area (Å²) in [7, 11) is 4.03. The molecule has 210 valence electrons. The Morgan fingerprint density at radius 3 is 2.52 bits per heavy atom. The number of carbonyl (C=O) groups excluding carboxylic acids is 2. The van der Waals surface area contributed by atoms with Crippen molar-refractivity contribution in [3.63, 3.8) is 0 Å². The van der Waals surface area contributed by atoms with E-state index >= 15 is 0 Å². The van der Waals surface area contributed by atoms with Crippen molar-refractivity contribution in [3.8, 4) is 5.75 Å². The molecule has 1 aliphatic heterocycles. The molecule has 1 heterocycles. The Morgan fingerprint density at radius 2 is 1.77 bits per heavy atom. The second-order valence-electron chi connectivity index (χ2n) is 12.8. The summed E-state index contributed by atoms with van der Waals surface area (Å²) in [6.07, 6.45) is 5.69. The summed E-state index contributed by atoms with van der Waals surface area (Å²) in [5.41, 5.74) is 0.740. The molecular weight excluding hydrogens is 500 g/mol. The van der Waals surface area contributed by atoms with Gasteiger partial charge >= 0.3 is 5.97 Å². The highest BCUT2D eigenvalue weighted by atomic mass is 16.6. The number of quaternary nitrogens is 1. The van der Waals surface area contributed by atoms with Crippen molar-refractivity contribution in [1.29, 1.82) is 0 Å². The number of nitrogens with one attached hydrogen (secondary N) is 1. The highest BCUT2D eigenvalue weighted by molar-refractivity contribution is 5.98. The molecule has 1 amide bonds. The smallest absolute Gasteiger partial charge is 0.303 e. The van der Waals surface area contributed by atoms with Crippen LogP contribution in [0.3, 0.4) is 0 Å². The molecule has 4 atom stereocenters. The van der Waals surface area contributed by atoms with E-state index in [1.165, 1.54) is 12.8 Å². The number of ether oxygens (including phenoxy) is 2. The van der Waals surface area contributed by atoms with E-state index in [2.05, 4.69) is 30.6 Å². The van der Waals surface area contributed by atoms with Crippen LogP contribution in [0.1, 0.15) is 61.4 Å². The van der Waals surface area contributed by atoms with Gasteiger partial charge in [0.25, 0.3) is 5.91 Å². The minimum absolute atomic E-state index is 0.0332. The molecule has 0 aromatic heterocycles. The molecule has 3 aliphatic rings. The second-order valence-corrected chi connectivity index (χ2v) is 12.8. The average Bonchev–Trinajstić information content (AvgIpc) is 3.76. The number of carbonyl (C=O) groups is 2. The van der Waals surface area contributed by atoms with Crippen molar-refractivity contribution in [2.24, 2.45) is 5.92 Å². The van der Waals surface area contributed by atoms with E-state index in [9.17, 15) is 9.59 Å². The summed E-state index contributed by atoms with van der Waals surface area (Å²) in [6.45, 7) is 4.49. The molecule has 2 aliphatic carbocycles. The molecule has 0 radical (unpaired) electrons. The lowest BCUT2D eigenvalue weighted by atomic mass is 9.54. The molecular formula is C34H41N2O4+. The first-order valence-corrected chi connectivity index (χ1v) is 14.7. The Kier molecular flexibility index (Phi) is 6.86. The summed E-state index contributed by atoms with van der Waals surface area (Å²) in [4.78, 5) is 26.3. The van der Waals surface area contributed by atoms with Gasteiger partial charge in [-0.15, -0.1) is 0 Å². The lowest BCUT2D eigenvalue weighted by Gasteiger charge is -2.60. The Labute approximate surface area is 237 Å². The number of esters is 1. The van der Waals surface area contributed by atoms with Crippen LogP contribution in [0.2, 0.25) is 0 Å². The van der Waals surface area contributed by atoms with Crippen molar-refractivity contribution in [2.75, 3.05) is 33.8 Å². The molecule has 3 fully saturated rings. The Balaban J connectivity index is 1.35. The second kappa shape index (κ2) is 10.2. The van der Waals surface area contributed by atoms with E-state index in [0.29, 0.717) is 12.0 Å². The van der Waals surface area contributed by atoms with E-state index in [-0.39, 0.29) is 17.9 Å². The Morgan fingerprint density at radius 1 is 0.975 bits per heavy atom. The molecule has 6 nitrogen and oxygen atoms in total. The summed E-state index contributed by atoms with van der Waals surface area (Å²) in [6, 6.07) is 22.2. The third kappa shape index (κ3) is 4.98. The molecule has 3 aromatic rings. The first-order chi connectivity index (χ1) is 19.2. The maximum Gasteiger partial charge on any atom is 0.303 e. The van der Waals surface area contributed by atoms with Crippen LogP contribution < -0.4 is 10.1 Å². The minimum Gasteiger partial charge on any atom is -0.497 e. The number of methoxy groups -OCH3 is 1. The highest BCUT2D eigenvalue weighted by Crippen LogP contribution is 2.55. The molecule has 3 aromatic carbocycles. The van der Waals surface area contributed by atoms with Gasteiger partial charge in [-0.05, 0) is 72.7 Å². The van der Waals surface area contributed by atoms with Crippen LogP contribution in [0.25, 0.3) is 10.8 Å². The van der Waals surface area contributed by atoms with Crippen molar-refractivity contribution < 1.29 is 23.5 Å². The average molecular weight is 542 g/mol. The van der Waals surface area contributed by atoms with Crippen LogP contribution in [0.15, 0.2) is 66.7 Å². The van der Waals surface area contributed by atoms with Crippen LogP contribution in [-0.2, 0) is 14.9 Å². The number of likely N-dealkylation sites (N-methyl/N-ethyl adjacent to an activating group) is 1. The molecule has 0 bridgehead atoms. The molecule has 1 unspecified atom stereocenters. The number of fused-ring (bicyclic) bond motifs is 2. The number of hydrogen-bond donors (Lipinski definition) is 1. The van der Waals surface area contributed by atoms with Gasteiger partial charge in [0.1, 0.15) is 12.3 Å². The van der Waals surface area contributed by atoms with E-state index in [0.717, 1.165) is 71.4 Å². The predicted octanol–water partition coefficient (Wildman–Crippen LogP) is 5.63. The summed E-state index contributed by atoms with van der Waals surface area (Å²) >= 11 is 0. The highest BCUT2D eigenvalue weighted by Gasteiger charge is 2.65. The van der Waals surface area contributed by atoms with Gasteiger partial charge in [-0.1, -0.05) is 42.5 Å². The summed E-state index contributed by atoms with van der Waals surface area (Å²) in [5, 5.41) is 5.55. The first-order valence-electron chi connectivity index (χ1n) is 14.7. The molecule has 40 heavy (non-hydrogen) atoms. The zero-order valence-electron chi connectivity index (χ0n) is 23.9. The van der Waals surface area contributed by atoms with Gasteiger partial charge in [-0.3, -0.25) is 9.59 Å². The topological polar surface area (TPSA) is 64.6 Å². The van der Waals surface area contributed by atoms with E-state index in [4.69, 9.17) is 9.47 Å². The van der Waals surface area contributed by atoms with Gasteiger partial charge in [0.15, 0.2) is 5.60 Å². The molecule has 6 heteroatoms. The number of likely N-dealkylation sites (tertiary alicyclic amines) is 1. The number of rotatable bonds is 7. The summed E-state index contributed by atoms with van der Waals surface area (Å²) in [5.74, 6) is 1.29. The molecule has 2 saturated carbocycles. The van der Waals surface area contributed by atoms with E-state index in [1.54, 1.807) is 14.0 Å². The number of hydrogen-bond acceptors (Lipinski definition) is 4. The van der Waals surface area contributed by atoms with E-state index < -0.39 is 11.0 Å². The van der Waals surface area contributed by atoms with Crippen LogP contribution in [0.5, 0.6) is 5.75 Å². The fourth-order valence-electron chi connectivity index (χ4n) is 7.78. The Hall–Kier alpha value is -3.38. The maximum absolute atomic E-state index is 13.5. The molecule has 1 N–H and O–H groups in total. The number of amides is 1. The number of benzene rings is 3. The number of piperidine rings is 1. The van der Waals surface area contributed by atoms with Crippen molar-refractivity contribution in [2.45, 2.75) is 62.5 Å². The minimum atomic E-state index is -0.642. The summed E-state index contributed by atoms with van der Waals surface area (Å²) < 4.78 is 13.1.